The average molecular weight is 163 g/mol. The van der Waals surface area contributed by atoms with Gasteiger partial charge in [0.05, 0.1) is 6.07 Å². The van der Waals surface area contributed by atoms with E-state index in [9.17, 15) is 0 Å². The molecule has 1 heterocycles. The van der Waals surface area contributed by atoms with E-state index in [2.05, 4.69) is 6.07 Å². The molecule has 2 nitrogen and oxygen atoms in total. The first-order chi connectivity index (χ1) is 5.87. The van der Waals surface area contributed by atoms with E-state index in [0.29, 0.717) is 0 Å². The predicted octanol–water partition coefficient (Wildman–Crippen LogP) is 1.86. The van der Waals surface area contributed by atoms with Crippen molar-refractivity contribution in [2.45, 2.75) is 43.8 Å². The van der Waals surface area contributed by atoms with Crippen molar-refractivity contribution in [3.63, 3.8) is 0 Å². The SMILES string of the molecule is N#CC1OC12CC1CCCCC12. The maximum atomic E-state index is 8.72. The molecule has 0 radical (unpaired) electrons. The Morgan fingerprint density at radius 2 is 2.17 bits per heavy atom. The second-order valence-corrected chi connectivity index (χ2v) is 4.44. The van der Waals surface area contributed by atoms with E-state index in [-0.39, 0.29) is 11.7 Å². The van der Waals surface area contributed by atoms with Crippen molar-refractivity contribution in [1.82, 2.24) is 0 Å². The van der Waals surface area contributed by atoms with E-state index in [0.717, 1.165) is 11.8 Å². The number of ether oxygens (including phenoxy) is 1. The van der Waals surface area contributed by atoms with Crippen LogP contribution in [0, 0.1) is 23.2 Å². The number of hydrogen-bond donors (Lipinski definition) is 0. The number of epoxide rings is 1. The maximum Gasteiger partial charge on any atom is 0.173 e. The minimum atomic E-state index is -0.0446. The normalized spacial score (nSPS) is 55.4. The molecule has 3 rings (SSSR count). The Bertz CT molecular complexity index is 257. The third kappa shape index (κ3) is 0.641. The van der Waals surface area contributed by atoms with Gasteiger partial charge in [0.1, 0.15) is 5.60 Å². The molecule has 0 amide bonds. The first-order valence-electron chi connectivity index (χ1n) is 4.94. The quantitative estimate of drug-likeness (QED) is 0.511. The summed E-state index contributed by atoms with van der Waals surface area (Å²) >= 11 is 0. The fourth-order valence-corrected chi connectivity index (χ4v) is 3.25. The lowest BCUT2D eigenvalue weighted by atomic mass is 9.57. The molecule has 1 spiro atoms. The molecule has 0 bridgehead atoms. The molecule has 2 aliphatic carbocycles. The fraction of sp³-hybridized carbons (Fsp3) is 0.900. The van der Waals surface area contributed by atoms with Crippen LogP contribution in [0.1, 0.15) is 32.1 Å². The lowest BCUT2D eigenvalue weighted by molar-refractivity contribution is -0.00285. The summed E-state index contributed by atoms with van der Waals surface area (Å²) < 4.78 is 5.50. The van der Waals surface area contributed by atoms with Crippen LogP contribution in [0.15, 0.2) is 0 Å². The Kier molecular flexibility index (Phi) is 1.17. The first kappa shape index (κ1) is 6.91. The molecular formula is C10H13NO. The van der Waals surface area contributed by atoms with Crippen LogP contribution in [-0.2, 0) is 4.74 Å². The lowest BCUT2D eigenvalue weighted by Gasteiger charge is -2.46. The van der Waals surface area contributed by atoms with Gasteiger partial charge in [-0.1, -0.05) is 12.8 Å². The molecule has 0 N–H and O–H groups in total. The van der Waals surface area contributed by atoms with Crippen molar-refractivity contribution in [1.29, 1.82) is 5.26 Å². The molecule has 2 saturated carbocycles. The zero-order valence-corrected chi connectivity index (χ0v) is 7.12. The van der Waals surface area contributed by atoms with Crippen LogP contribution in [0.4, 0.5) is 0 Å². The van der Waals surface area contributed by atoms with Crippen LogP contribution in [0.2, 0.25) is 0 Å². The highest BCUT2D eigenvalue weighted by atomic mass is 16.6. The Morgan fingerprint density at radius 3 is 2.83 bits per heavy atom. The molecule has 12 heavy (non-hydrogen) atoms. The topological polar surface area (TPSA) is 36.3 Å². The van der Waals surface area contributed by atoms with E-state index in [4.69, 9.17) is 10.00 Å². The van der Waals surface area contributed by atoms with Crippen molar-refractivity contribution < 1.29 is 4.74 Å². The zero-order chi connectivity index (χ0) is 8.18. The summed E-state index contributed by atoms with van der Waals surface area (Å²) in [5.41, 5.74) is 0.0693. The Hall–Kier alpha value is -0.550. The number of nitriles is 1. The third-order valence-corrected chi connectivity index (χ3v) is 3.96. The molecule has 0 aromatic carbocycles. The first-order valence-corrected chi connectivity index (χ1v) is 4.94. The van der Waals surface area contributed by atoms with Gasteiger partial charge in [0.2, 0.25) is 0 Å². The standard InChI is InChI=1S/C10H13NO/c11-6-9-10(12-9)5-7-3-1-2-4-8(7)10/h7-9H,1-5H2. The lowest BCUT2D eigenvalue weighted by Crippen LogP contribution is -2.47. The van der Waals surface area contributed by atoms with Crippen molar-refractivity contribution in [2.75, 3.05) is 0 Å². The van der Waals surface area contributed by atoms with E-state index < -0.39 is 0 Å². The van der Waals surface area contributed by atoms with Crippen molar-refractivity contribution in [2.24, 2.45) is 11.8 Å². The van der Waals surface area contributed by atoms with Crippen molar-refractivity contribution in [3.8, 4) is 6.07 Å². The average Bonchev–Trinajstić information content (AvgIpc) is 2.80. The van der Waals surface area contributed by atoms with Crippen LogP contribution in [0.25, 0.3) is 0 Å². The van der Waals surface area contributed by atoms with Crippen LogP contribution >= 0.6 is 0 Å². The minimum absolute atomic E-state index is 0.0446. The van der Waals surface area contributed by atoms with Crippen LogP contribution in [0.5, 0.6) is 0 Å². The molecule has 64 valence electrons. The van der Waals surface area contributed by atoms with Gasteiger partial charge in [0, 0.05) is 0 Å². The molecule has 1 aliphatic heterocycles. The molecule has 4 atom stereocenters. The second kappa shape index (κ2) is 2.03. The van der Waals surface area contributed by atoms with Gasteiger partial charge in [-0.15, -0.1) is 0 Å². The van der Waals surface area contributed by atoms with E-state index in [1.165, 1.54) is 32.1 Å². The summed E-state index contributed by atoms with van der Waals surface area (Å²) in [7, 11) is 0. The monoisotopic (exact) mass is 163 g/mol. The molecule has 4 unspecified atom stereocenters. The Balaban J connectivity index is 1.75. The van der Waals surface area contributed by atoms with Crippen LogP contribution < -0.4 is 0 Å². The van der Waals surface area contributed by atoms with Crippen LogP contribution in [-0.4, -0.2) is 11.7 Å². The smallest absolute Gasteiger partial charge is 0.173 e. The summed E-state index contributed by atoms with van der Waals surface area (Å²) in [6, 6.07) is 2.24. The summed E-state index contributed by atoms with van der Waals surface area (Å²) in [4.78, 5) is 0. The minimum Gasteiger partial charge on any atom is -0.350 e. The van der Waals surface area contributed by atoms with Gasteiger partial charge in [0.25, 0.3) is 0 Å². The largest absolute Gasteiger partial charge is 0.350 e. The van der Waals surface area contributed by atoms with Crippen LogP contribution in [0.3, 0.4) is 0 Å². The van der Waals surface area contributed by atoms with Crippen molar-refractivity contribution in [3.05, 3.63) is 0 Å². The third-order valence-electron chi connectivity index (χ3n) is 3.96. The van der Waals surface area contributed by atoms with E-state index in [1.807, 2.05) is 0 Å². The maximum absolute atomic E-state index is 8.72. The number of rotatable bonds is 0. The van der Waals surface area contributed by atoms with Gasteiger partial charge in [-0.25, -0.2) is 0 Å². The van der Waals surface area contributed by atoms with Gasteiger partial charge in [-0.05, 0) is 31.1 Å². The van der Waals surface area contributed by atoms with Gasteiger partial charge in [-0.3, -0.25) is 0 Å². The summed E-state index contributed by atoms with van der Waals surface area (Å²) in [6.45, 7) is 0. The van der Waals surface area contributed by atoms with E-state index >= 15 is 0 Å². The number of nitrogens with zero attached hydrogens (tertiary/aromatic N) is 1. The molecule has 3 fully saturated rings. The highest BCUT2D eigenvalue weighted by molar-refractivity contribution is 5.24. The van der Waals surface area contributed by atoms with Gasteiger partial charge >= 0.3 is 0 Å². The molecular weight excluding hydrogens is 150 g/mol. The fourth-order valence-electron chi connectivity index (χ4n) is 3.25. The van der Waals surface area contributed by atoms with E-state index in [1.54, 1.807) is 0 Å². The molecule has 0 aromatic heterocycles. The summed E-state index contributed by atoms with van der Waals surface area (Å²) in [5.74, 6) is 1.65. The highest BCUT2D eigenvalue weighted by Crippen LogP contribution is 2.63. The number of hydrogen-bond acceptors (Lipinski definition) is 2. The zero-order valence-electron chi connectivity index (χ0n) is 7.12. The Labute approximate surface area is 72.5 Å². The second-order valence-electron chi connectivity index (χ2n) is 4.44. The summed E-state index contributed by atoms with van der Waals surface area (Å²) in [5, 5.41) is 8.72. The molecule has 1 saturated heterocycles. The molecule has 3 aliphatic rings. The van der Waals surface area contributed by atoms with Crippen molar-refractivity contribution >= 4 is 0 Å². The highest BCUT2D eigenvalue weighted by Gasteiger charge is 2.70. The number of fused-ring (bicyclic) bond motifs is 2. The van der Waals surface area contributed by atoms with Gasteiger partial charge in [0.15, 0.2) is 6.10 Å². The van der Waals surface area contributed by atoms with Gasteiger partial charge < -0.3 is 4.74 Å². The molecule has 0 aromatic rings. The van der Waals surface area contributed by atoms with Gasteiger partial charge in [-0.2, -0.15) is 5.26 Å². The summed E-state index contributed by atoms with van der Waals surface area (Å²) in [6.07, 6.45) is 6.57. The predicted molar refractivity (Wildman–Crippen MR) is 43.3 cm³/mol. The molecule has 2 heteroatoms. The Morgan fingerprint density at radius 1 is 1.33 bits per heavy atom.